The Hall–Kier alpha value is -1.65. The van der Waals surface area contributed by atoms with Gasteiger partial charge in [0.2, 0.25) is 11.8 Å². The molecule has 2 amide bonds. The summed E-state index contributed by atoms with van der Waals surface area (Å²) in [5.41, 5.74) is 0. The second-order valence-electron chi connectivity index (χ2n) is 5.06. The number of carbonyl (C=O) groups excluding carboxylic acids is 2. The fraction of sp³-hybridized carbons (Fsp3) is 0.583. The number of likely N-dealkylation sites (tertiary alicyclic amines) is 1. The Labute approximate surface area is 98.1 Å². The minimum absolute atomic E-state index is 0.132. The SMILES string of the molecule is CC(C(=O)O)N1C(=O)C2C3C=CC(C3)C2C1=O. The van der Waals surface area contributed by atoms with Crippen molar-refractivity contribution in [2.75, 3.05) is 0 Å². The maximum atomic E-state index is 12.1. The van der Waals surface area contributed by atoms with Crippen LogP contribution in [0.4, 0.5) is 0 Å². The van der Waals surface area contributed by atoms with E-state index in [0.29, 0.717) is 0 Å². The molecule has 0 aromatic carbocycles. The third-order valence-electron chi connectivity index (χ3n) is 4.25. The Bertz CT molecular complexity index is 425. The molecule has 1 saturated carbocycles. The van der Waals surface area contributed by atoms with E-state index in [4.69, 9.17) is 5.11 Å². The van der Waals surface area contributed by atoms with E-state index >= 15 is 0 Å². The van der Waals surface area contributed by atoms with Crippen LogP contribution in [0.15, 0.2) is 12.2 Å². The lowest BCUT2D eigenvalue weighted by molar-refractivity contribution is -0.154. The van der Waals surface area contributed by atoms with Gasteiger partial charge in [-0.25, -0.2) is 4.79 Å². The van der Waals surface area contributed by atoms with Crippen molar-refractivity contribution in [3.8, 4) is 0 Å². The molecule has 5 unspecified atom stereocenters. The molecular weight excluding hydrogens is 222 g/mol. The Morgan fingerprint density at radius 1 is 1.29 bits per heavy atom. The van der Waals surface area contributed by atoms with Gasteiger partial charge in [-0.1, -0.05) is 12.2 Å². The van der Waals surface area contributed by atoms with E-state index in [-0.39, 0.29) is 35.5 Å². The van der Waals surface area contributed by atoms with Crippen LogP contribution in [0.1, 0.15) is 13.3 Å². The van der Waals surface area contributed by atoms with Crippen molar-refractivity contribution in [1.29, 1.82) is 0 Å². The van der Waals surface area contributed by atoms with E-state index in [2.05, 4.69) is 0 Å². The van der Waals surface area contributed by atoms with Crippen molar-refractivity contribution in [3.05, 3.63) is 12.2 Å². The highest BCUT2D eigenvalue weighted by molar-refractivity contribution is 6.08. The summed E-state index contributed by atoms with van der Waals surface area (Å²) >= 11 is 0. The smallest absolute Gasteiger partial charge is 0.326 e. The van der Waals surface area contributed by atoms with Crippen molar-refractivity contribution >= 4 is 17.8 Å². The van der Waals surface area contributed by atoms with Crippen LogP contribution in [-0.4, -0.2) is 33.8 Å². The number of nitrogens with zero attached hydrogens (tertiary/aromatic N) is 1. The predicted octanol–water partition coefficient (Wildman–Crippen LogP) is 0.267. The summed E-state index contributed by atoms with van der Waals surface area (Å²) in [5.74, 6) is -2.08. The molecule has 5 atom stereocenters. The molecule has 2 fully saturated rings. The summed E-state index contributed by atoms with van der Waals surface area (Å²) in [5, 5.41) is 8.93. The normalized spacial score (nSPS) is 39.9. The van der Waals surface area contributed by atoms with E-state index < -0.39 is 12.0 Å². The monoisotopic (exact) mass is 235 g/mol. The summed E-state index contributed by atoms with van der Waals surface area (Å²) in [6.45, 7) is 1.38. The summed E-state index contributed by atoms with van der Waals surface area (Å²) in [4.78, 5) is 36.1. The molecule has 0 spiro atoms. The zero-order chi connectivity index (χ0) is 12.3. The standard InChI is InChI=1S/C12H13NO4/c1-5(12(16)17)13-10(14)8-6-2-3-7(4-6)9(8)11(13)15/h2-3,5-9H,4H2,1H3,(H,16,17). The largest absolute Gasteiger partial charge is 0.480 e. The average Bonchev–Trinajstić information content (AvgIpc) is 2.92. The molecule has 0 radical (unpaired) electrons. The van der Waals surface area contributed by atoms with Crippen molar-refractivity contribution in [2.24, 2.45) is 23.7 Å². The van der Waals surface area contributed by atoms with Crippen LogP contribution >= 0.6 is 0 Å². The third kappa shape index (κ3) is 1.16. The molecule has 1 N–H and O–H groups in total. The Kier molecular flexibility index (Phi) is 1.97. The number of carbonyl (C=O) groups is 3. The molecule has 1 aliphatic heterocycles. The molecule has 3 aliphatic rings. The molecule has 1 heterocycles. The second-order valence-corrected chi connectivity index (χ2v) is 5.06. The molecule has 0 aromatic rings. The first-order valence-corrected chi connectivity index (χ1v) is 5.80. The first-order valence-electron chi connectivity index (χ1n) is 5.80. The number of imide groups is 1. The van der Waals surface area contributed by atoms with Crippen LogP contribution in [0.3, 0.4) is 0 Å². The lowest BCUT2D eigenvalue weighted by Crippen LogP contribution is -2.44. The lowest BCUT2D eigenvalue weighted by Gasteiger charge is -2.20. The maximum absolute atomic E-state index is 12.1. The highest BCUT2D eigenvalue weighted by Crippen LogP contribution is 2.52. The van der Waals surface area contributed by atoms with Gasteiger partial charge in [0, 0.05) is 0 Å². The van der Waals surface area contributed by atoms with Gasteiger partial charge in [-0.2, -0.15) is 0 Å². The van der Waals surface area contributed by atoms with Crippen molar-refractivity contribution < 1.29 is 19.5 Å². The molecule has 5 heteroatoms. The predicted molar refractivity (Wildman–Crippen MR) is 56.7 cm³/mol. The Morgan fingerprint density at radius 2 is 1.76 bits per heavy atom. The highest BCUT2D eigenvalue weighted by atomic mass is 16.4. The van der Waals surface area contributed by atoms with E-state index in [1.807, 2.05) is 12.2 Å². The minimum Gasteiger partial charge on any atom is -0.480 e. The number of carboxylic acids is 1. The number of rotatable bonds is 2. The van der Waals surface area contributed by atoms with Crippen molar-refractivity contribution in [2.45, 2.75) is 19.4 Å². The summed E-state index contributed by atoms with van der Waals surface area (Å²) in [6.07, 6.45) is 4.85. The number of carboxylic acid groups (broad SMARTS) is 1. The highest BCUT2D eigenvalue weighted by Gasteiger charge is 2.60. The van der Waals surface area contributed by atoms with Gasteiger partial charge in [0.25, 0.3) is 0 Å². The van der Waals surface area contributed by atoms with Crippen LogP contribution < -0.4 is 0 Å². The molecule has 17 heavy (non-hydrogen) atoms. The summed E-state index contributed by atoms with van der Waals surface area (Å²) in [6, 6.07) is -1.06. The minimum atomic E-state index is -1.13. The topological polar surface area (TPSA) is 74.7 Å². The number of aliphatic carboxylic acids is 1. The zero-order valence-electron chi connectivity index (χ0n) is 9.37. The molecule has 5 nitrogen and oxygen atoms in total. The van der Waals surface area contributed by atoms with Crippen LogP contribution in [0.2, 0.25) is 0 Å². The van der Waals surface area contributed by atoms with Crippen LogP contribution in [0, 0.1) is 23.7 Å². The zero-order valence-corrected chi connectivity index (χ0v) is 9.37. The maximum Gasteiger partial charge on any atom is 0.326 e. The van der Waals surface area contributed by atoms with Crippen LogP contribution in [-0.2, 0) is 14.4 Å². The molecule has 0 aromatic heterocycles. The van der Waals surface area contributed by atoms with E-state index in [1.165, 1.54) is 6.92 Å². The molecule has 2 aliphatic carbocycles. The molecule has 1 saturated heterocycles. The number of hydrogen-bond acceptors (Lipinski definition) is 3. The van der Waals surface area contributed by atoms with Gasteiger partial charge in [-0.3, -0.25) is 14.5 Å². The quantitative estimate of drug-likeness (QED) is 0.550. The van der Waals surface area contributed by atoms with E-state index in [0.717, 1.165) is 11.3 Å². The summed E-state index contributed by atoms with van der Waals surface area (Å²) < 4.78 is 0. The number of hydrogen-bond donors (Lipinski definition) is 1. The number of fused-ring (bicyclic) bond motifs is 5. The van der Waals surface area contributed by atoms with E-state index in [9.17, 15) is 14.4 Å². The fourth-order valence-corrected chi connectivity index (χ4v) is 3.42. The van der Waals surface area contributed by atoms with Gasteiger partial charge in [0.15, 0.2) is 0 Å². The first-order chi connectivity index (χ1) is 8.02. The third-order valence-corrected chi connectivity index (χ3v) is 4.25. The Balaban J connectivity index is 1.95. The van der Waals surface area contributed by atoms with Crippen molar-refractivity contribution in [1.82, 2.24) is 4.90 Å². The van der Waals surface area contributed by atoms with Gasteiger partial charge in [0.05, 0.1) is 11.8 Å². The van der Waals surface area contributed by atoms with Crippen molar-refractivity contribution in [3.63, 3.8) is 0 Å². The van der Waals surface area contributed by atoms with Gasteiger partial charge >= 0.3 is 5.97 Å². The van der Waals surface area contributed by atoms with Gasteiger partial charge in [-0.05, 0) is 25.2 Å². The molecule has 90 valence electrons. The van der Waals surface area contributed by atoms with Crippen LogP contribution in [0.5, 0.6) is 0 Å². The second kappa shape index (κ2) is 3.18. The van der Waals surface area contributed by atoms with Crippen LogP contribution in [0.25, 0.3) is 0 Å². The molecule has 2 bridgehead atoms. The molecular formula is C12H13NO4. The van der Waals surface area contributed by atoms with E-state index in [1.54, 1.807) is 0 Å². The lowest BCUT2D eigenvalue weighted by atomic mass is 9.85. The van der Waals surface area contributed by atoms with Gasteiger partial charge < -0.3 is 5.11 Å². The number of allylic oxidation sites excluding steroid dienone is 2. The Morgan fingerprint density at radius 3 is 2.18 bits per heavy atom. The summed E-state index contributed by atoms with van der Waals surface area (Å²) in [7, 11) is 0. The van der Waals surface area contributed by atoms with Gasteiger partial charge in [0.1, 0.15) is 6.04 Å². The molecule has 3 rings (SSSR count). The first kappa shape index (κ1) is 10.5. The fourth-order valence-electron chi connectivity index (χ4n) is 3.42. The number of amides is 2. The average molecular weight is 235 g/mol. The van der Waals surface area contributed by atoms with Gasteiger partial charge in [-0.15, -0.1) is 0 Å².